The molecule has 0 aliphatic carbocycles. The molecule has 56 valence electrons. The molecule has 0 radical (unpaired) electrons. The van der Waals surface area contributed by atoms with E-state index in [1.165, 1.54) is 0 Å². The molecule has 0 spiro atoms. The Morgan fingerprint density at radius 3 is 1.89 bits per heavy atom. The standard InChI is InChI=1S/CH3Cl2NO2S3/c2-7-9(4,8-3)1(5)6/h4H2,(H,5,6). The van der Waals surface area contributed by atoms with Crippen molar-refractivity contribution in [1.82, 2.24) is 0 Å². The summed E-state index contributed by atoms with van der Waals surface area (Å²) in [5, 5.41) is 12.4. The predicted molar refractivity (Wildman–Crippen MR) is 46.7 cm³/mol. The lowest BCUT2D eigenvalue weighted by molar-refractivity contribution is 0.222. The van der Waals surface area contributed by atoms with E-state index in [9.17, 15) is 4.79 Å². The summed E-state index contributed by atoms with van der Waals surface area (Å²) in [6, 6.07) is 0. The zero-order chi connectivity index (χ0) is 7.49. The molecule has 8 heteroatoms. The van der Waals surface area contributed by atoms with E-state index in [4.69, 9.17) is 31.6 Å². The van der Waals surface area contributed by atoms with Crippen LogP contribution in [0, 0.1) is 0 Å². The van der Waals surface area contributed by atoms with Gasteiger partial charge < -0.3 is 5.11 Å². The molecule has 0 atom stereocenters. The van der Waals surface area contributed by atoms with Gasteiger partial charge in [-0.2, -0.15) is 0 Å². The number of hydrogen-bond donors (Lipinski definition) is 2. The average Bonchev–Trinajstić information content (AvgIpc) is 1.86. The van der Waals surface area contributed by atoms with Crippen molar-refractivity contribution in [2.45, 2.75) is 0 Å². The van der Waals surface area contributed by atoms with Crippen LogP contribution in [-0.2, 0) is 0 Å². The zero-order valence-corrected chi connectivity index (χ0v) is 7.87. The van der Waals surface area contributed by atoms with Crippen LogP contribution in [0.5, 0.6) is 0 Å². The number of nitrogens with two attached hydrogens (primary N) is 1. The van der Waals surface area contributed by atoms with Crippen molar-refractivity contribution in [3.05, 3.63) is 0 Å². The van der Waals surface area contributed by atoms with E-state index in [0.29, 0.717) is 20.0 Å². The van der Waals surface area contributed by atoms with Gasteiger partial charge in [0.1, 0.15) is 0 Å². The summed E-state index contributed by atoms with van der Waals surface area (Å²) >= 11 is 0. The van der Waals surface area contributed by atoms with Gasteiger partial charge in [-0.25, -0.2) is 4.79 Å². The largest absolute Gasteiger partial charge is 0.472 e. The monoisotopic (exact) mass is 227 g/mol. The van der Waals surface area contributed by atoms with Gasteiger partial charge in [-0.1, -0.05) is 0 Å². The molecule has 0 bridgehead atoms. The van der Waals surface area contributed by atoms with Crippen molar-refractivity contribution < 1.29 is 9.90 Å². The fraction of sp³-hybridized carbons (Fsp3) is 0. The Morgan fingerprint density at radius 2 is 1.89 bits per heavy atom. The Hall–Kier alpha value is 1.06. The minimum atomic E-state index is -2.45. The van der Waals surface area contributed by atoms with Crippen molar-refractivity contribution >= 4 is 55.0 Å². The summed E-state index contributed by atoms with van der Waals surface area (Å²) in [6.45, 7) is 0. The van der Waals surface area contributed by atoms with Crippen molar-refractivity contribution in [2.75, 3.05) is 0 Å². The molecular formula is CH3Cl2NO2S3. The second-order valence-corrected chi connectivity index (χ2v) is 9.44. The second-order valence-electron chi connectivity index (χ2n) is 0.937. The van der Waals surface area contributed by atoms with Crippen LogP contribution in [0.1, 0.15) is 0 Å². The minimum Gasteiger partial charge on any atom is -0.472 e. The van der Waals surface area contributed by atoms with Gasteiger partial charge in [0.05, 0.1) is 0 Å². The normalized spacial score (nSPS) is 13.2. The lowest BCUT2D eigenvalue weighted by atomic mass is 11.6. The van der Waals surface area contributed by atoms with Gasteiger partial charge in [0.15, 0.2) is 0 Å². The maximum absolute atomic E-state index is 10.2. The maximum atomic E-state index is 10.2. The van der Waals surface area contributed by atoms with Gasteiger partial charge in [0.2, 0.25) is 0 Å². The van der Waals surface area contributed by atoms with Gasteiger partial charge in [0.25, 0.3) is 0 Å². The first kappa shape index (κ1) is 10.1. The molecule has 0 aromatic rings. The topological polar surface area (TPSA) is 63.3 Å². The van der Waals surface area contributed by atoms with Gasteiger partial charge in [-0.05, 0) is 21.4 Å². The Balaban J connectivity index is 4.09. The summed E-state index contributed by atoms with van der Waals surface area (Å²) in [6.07, 6.45) is 0. The van der Waals surface area contributed by atoms with E-state index in [1.54, 1.807) is 0 Å². The number of carbonyl (C=O) groups is 1. The van der Waals surface area contributed by atoms with Crippen molar-refractivity contribution in [3.63, 3.8) is 0 Å². The summed E-state index contributed by atoms with van der Waals surface area (Å²) < 4.78 is 0. The molecule has 0 amide bonds. The lowest BCUT2D eigenvalue weighted by Gasteiger charge is -2.19. The fourth-order valence-corrected chi connectivity index (χ4v) is 3.82. The first-order valence-electron chi connectivity index (χ1n) is 1.51. The van der Waals surface area contributed by atoms with E-state index in [2.05, 4.69) is 0 Å². The Bertz CT molecular complexity index is 116. The number of halogens is 2. The molecule has 3 nitrogen and oxygen atoms in total. The number of hydrogen-bond acceptors (Lipinski definition) is 4. The highest BCUT2D eigenvalue weighted by atomic mass is 35.8. The van der Waals surface area contributed by atoms with E-state index >= 15 is 0 Å². The van der Waals surface area contributed by atoms with Crippen LogP contribution < -0.4 is 5.14 Å². The Kier molecular flexibility index (Phi) is 4.52. The Labute approximate surface area is 69.9 Å². The van der Waals surface area contributed by atoms with Crippen LogP contribution in [0.4, 0.5) is 4.79 Å². The molecule has 0 aliphatic heterocycles. The molecule has 0 saturated carbocycles. The van der Waals surface area contributed by atoms with Crippen LogP contribution in [-0.4, -0.2) is 10.4 Å². The van der Waals surface area contributed by atoms with Crippen LogP contribution in [0.25, 0.3) is 0 Å². The summed E-state index contributed by atoms with van der Waals surface area (Å²) in [5.74, 6) is 0. The average molecular weight is 228 g/mol. The van der Waals surface area contributed by atoms with Crippen LogP contribution in [0.3, 0.4) is 0 Å². The lowest BCUT2D eigenvalue weighted by Crippen LogP contribution is -2.08. The molecule has 0 aromatic carbocycles. The highest BCUT2D eigenvalue weighted by Gasteiger charge is 2.28. The highest BCUT2D eigenvalue weighted by Crippen LogP contribution is 2.67. The van der Waals surface area contributed by atoms with Crippen LogP contribution in [0.15, 0.2) is 0 Å². The molecule has 0 fully saturated rings. The molecule has 0 aliphatic rings. The molecule has 0 heterocycles. The maximum Gasteiger partial charge on any atom is 0.380 e. The van der Waals surface area contributed by atoms with Crippen molar-refractivity contribution in [2.24, 2.45) is 5.14 Å². The molecule has 0 saturated heterocycles. The van der Waals surface area contributed by atoms with Gasteiger partial charge in [-0.15, -0.1) is 0 Å². The third-order valence-electron chi connectivity index (χ3n) is 0.431. The summed E-state index contributed by atoms with van der Waals surface area (Å²) in [7, 11) is 8.93. The Morgan fingerprint density at radius 1 is 1.56 bits per heavy atom. The van der Waals surface area contributed by atoms with E-state index in [1.807, 2.05) is 0 Å². The third-order valence-corrected chi connectivity index (χ3v) is 9.42. The molecule has 9 heavy (non-hydrogen) atoms. The molecule has 0 unspecified atom stereocenters. The zero-order valence-electron chi connectivity index (χ0n) is 3.91. The number of carboxylic acid groups (broad SMARTS) is 1. The summed E-state index contributed by atoms with van der Waals surface area (Å²) in [4.78, 5) is 10.2. The highest BCUT2D eigenvalue weighted by molar-refractivity contribution is 9.34. The van der Waals surface area contributed by atoms with E-state index in [0.717, 1.165) is 0 Å². The van der Waals surface area contributed by atoms with Crippen LogP contribution >= 0.6 is 49.7 Å². The quantitative estimate of drug-likeness (QED) is 0.711. The third kappa shape index (κ3) is 2.65. The fourth-order valence-electron chi connectivity index (χ4n) is 0.0636. The van der Waals surface area contributed by atoms with E-state index in [-0.39, 0.29) is 0 Å². The van der Waals surface area contributed by atoms with Gasteiger partial charge in [0, 0.05) is 28.3 Å². The molecule has 0 aromatic heterocycles. The molecule has 0 rings (SSSR count). The molecule has 3 N–H and O–H groups in total. The smallest absolute Gasteiger partial charge is 0.380 e. The first-order valence-corrected chi connectivity index (χ1v) is 7.52. The SMILES string of the molecule is NS(SCl)(SCl)C(=O)O. The van der Waals surface area contributed by atoms with Crippen LogP contribution in [0.2, 0.25) is 0 Å². The number of rotatable bonds is 2. The second kappa shape index (κ2) is 4.05. The van der Waals surface area contributed by atoms with Crippen molar-refractivity contribution in [1.29, 1.82) is 0 Å². The minimum absolute atomic E-state index is 0.545. The van der Waals surface area contributed by atoms with Gasteiger partial charge in [-0.3, -0.25) is 5.14 Å². The van der Waals surface area contributed by atoms with Gasteiger partial charge >= 0.3 is 5.30 Å². The van der Waals surface area contributed by atoms with Crippen molar-refractivity contribution in [3.8, 4) is 0 Å². The first-order chi connectivity index (χ1) is 4.06. The predicted octanol–water partition coefficient (Wildman–Crippen LogP) is 2.95. The van der Waals surface area contributed by atoms with E-state index < -0.39 is 13.6 Å². The molecular weight excluding hydrogens is 225 g/mol. The summed E-state index contributed by atoms with van der Waals surface area (Å²) in [5.41, 5.74) is 0.